The van der Waals surface area contributed by atoms with Crippen LogP contribution in [-0.4, -0.2) is 35.7 Å². The predicted molar refractivity (Wildman–Crippen MR) is 96.1 cm³/mol. The van der Waals surface area contributed by atoms with Crippen LogP contribution in [0.5, 0.6) is 0 Å². The molecule has 3 aromatic rings. The van der Waals surface area contributed by atoms with Crippen LogP contribution in [0.2, 0.25) is 0 Å². The van der Waals surface area contributed by atoms with Crippen molar-refractivity contribution in [3.63, 3.8) is 0 Å². The van der Waals surface area contributed by atoms with Gasteiger partial charge >= 0.3 is 0 Å². The van der Waals surface area contributed by atoms with Gasteiger partial charge in [-0.1, -0.05) is 0 Å². The number of hydrazine groups is 1. The summed E-state index contributed by atoms with van der Waals surface area (Å²) in [7, 11) is 3.41. The second-order valence-electron chi connectivity index (χ2n) is 5.66. The van der Waals surface area contributed by atoms with Gasteiger partial charge in [-0.3, -0.25) is 34.5 Å². The van der Waals surface area contributed by atoms with Gasteiger partial charge in [0.25, 0.3) is 11.5 Å². The van der Waals surface area contributed by atoms with Crippen molar-refractivity contribution in [3.05, 3.63) is 45.3 Å². The molecule has 0 radical (unpaired) electrons. The molecule has 0 aliphatic heterocycles. The number of hydrogen-bond donors (Lipinski definition) is 2. The highest BCUT2D eigenvalue weighted by Crippen LogP contribution is 2.13. The van der Waals surface area contributed by atoms with Crippen molar-refractivity contribution in [3.8, 4) is 0 Å². The van der Waals surface area contributed by atoms with E-state index in [1.807, 2.05) is 0 Å². The lowest BCUT2D eigenvalue weighted by molar-refractivity contribution is -0.122. The molecule has 0 aliphatic rings. The summed E-state index contributed by atoms with van der Waals surface area (Å²) in [5, 5.41) is 4.38. The maximum atomic E-state index is 12.3. The molecule has 2 N–H and O–H groups in total. The van der Waals surface area contributed by atoms with Gasteiger partial charge in [0.05, 0.1) is 12.5 Å². The molecule has 11 heteroatoms. The molecule has 0 saturated carbocycles. The molecule has 0 spiro atoms. The van der Waals surface area contributed by atoms with Gasteiger partial charge in [0.2, 0.25) is 5.91 Å². The Hall–Kier alpha value is -2.95. The molecular formula is C15H16BrN7O3. The Morgan fingerprint density at radius 3 is 2.73 bits per heavy atom. The number of aryl methyl sites for hydroxylation is 3. The lowest BCUT2D eigenvalue weighted by Crippen LogP contribution is -2.42. The fourth-order valence-corrected chi connectivity index (χ4v) is 2.97. The summed E-state index contributed by atoms with van der Waals surface area (Å²) in [6.45, 7) is 0.133. The minimum absolute atomic E-state index is 0.00443. The van der Waals surface area contributed by atoms with Crippen molar-refractivity contribution >= 4 is 38.8 Å². The van der Waals surface area contributed by atoms with Crippen LogP contribution in [0.1, 0.15) is 16.9 Å². The normalized spacial score (nSPS) is 10.9. The van der Waals surface area contributed by atoms with Gasteiger partial charge in [0.1, 0.15) is 11.1 Å². The Bertz CT molecular complexity index is 1050. The fourth-order valence-electron chi connectivity index (χ4n) is 2.45. The van der Waals surface area contributed by atoms with Crippen molar-refractivity contribution in [2.24, 2.45) is 14.1 Å². The van der Waals surface area contributed by atoms with Crippen LogP contribution in [0.15, 0.2) is 34.1 Å². The fraction of sp³-hybridized carbons (Fsp3) is 0.267. The molecule has 3 heterocycles. The molecule has 0 fully saturated rings. The highest BCUT2D eigenvalue weighted by Gasteiger charge is 2.13. The van der Waals surface area contributed by atoms with E-state index >= 15 is 0 Å². The number of aromatic nitrogens is 5. The molecule has 0 aromatic carbocycles. The summed E-state index contributed by atoms with van der Waals surface area (Å²) in [6.07, 6.45) is 4.55. The van der Waals surface area contributed by atoms with Crippen LogP contribution < -0.4 is 16.4 Å². The van der Waals surface area contributed by atoms with Gasteiger partial charge in [0, 0.05) is 37.7 Å². The summed E-state index contributed by atoms with van der Waals surface area (Å²) in [4.78, 5) is 40.4. The van der Waals surface area contributed by atoms with Gasteiger partial charge in [-0.05, 0) is 22.0 Å². The van der Waals surface area contributed by atoms with E-state index in [-0.39, 0.29) is 18.5 Å². The van der Waals surface area contributed by atoms with Gasteiger partial charge in [-0.2, -0.15) is 5.10 Å². The third-order valence-electron chi connectivity index (χ3n) is 3.82. The second-order valence-corrected chi connectivity index (χ2v) is 6.57. The zero-order valence-corrected chi connectivity index (χ0v) is 15.6. The lowest BCUT2D eigenvalue weighted by Gasteiger charge is -2.09. The third kappa shape index (κ3) is 3.52. The van der Waals surface area contributed by atoms with E-state index in [0.717, 1.165) is 4.47 Å². The summed E-state index contributed by atoms with van der Waals surface area (Å²) < 4.78 is 5.22. The van der Waals surface area contributed by atoms with Crippen LogP contribution in [0, 0.1) is 0 Å². The number of hydrogen-bond acceptors (Lipinski definition) is 5. The average Bonchev–Trinajstić information content (AvgIpc) is 3.14. The zero-order chi connectivity index (χ0) is 18.8. The summed E-state index contributed by atoms with van der Waals surface area (Å²) in [5.41, 5.74) is 5.27. The summed E-state index contributed by atoms with van der Waals surface area (Å²) >= 11 is 3.28. The van der Waals surface area contributed by atoms with Crippen LogP contribution in [0.25, 0.3) is 11.0 Å². The molecule has 0 aliphatic carbocycles. The van der Waals surface area contributed by atoms with E-state index in [9.17, 15) is 14.4 Å². The average molecular weight is 422 g/mol. The van der Waals surface area contributed by atoms with E-state index < -0.39 is 11.8 Å². The van der Waals surface area contributed by atoms with Crippen LogP contribution in [-0.2, 0) is 25.4 Å². The molecule has 136 valence electrons. The van der Waals surface area contributed by atoms with E-state index in [2.05, 4.69) is 36.9 Å². The topological polar surface area (TPSA) is 116 Å². The molecule has 0 unspecified atom stereocenters. The first-order chi connectivity index (χ1) is 12.4. The van der Waals surface area contributed by atoms with Gasteiger partial charge < -0.3 is 4.57 Å². The largest absolute Gasteiger partial charge is 0.345 e. The maximum Gasteiger partial charge on any atom is 0.286 e. The molecule has 0 bridgehead atoms. The van der Waals surface area contributed by atoms with E-state index in [4.69, 9.17) is 0 Å². The highest BCUT2D eigenvalue weighted by molar-refractivity contribution is 9.10. The maximum absolute atomic E-state index is 12.3. The second kappa shape index (κ2) is 7.12. The molecule has 26 heavy (non-hydrogen) atoms. The highest BCUT2D eigenvalue weighted by atomic mass is 79.9. The van der Waals surface area contributed by atoms with Crippen molar-refractivity contribution < 1.29 is 9.59 Å². The van der Waals surface area contributed by atoms with Gasteiger partial charge in [0.15, 0.2) is 5.65 Å². The smallest absolute Gasteiger partial charge is 0.286 e. The monoisotopic (exact) mass is 421 g/mol. The molecule has 0 atom stereocenters. The molecule has 10 nitrogen and oxygen atoms in total. The van der Waals surface area contributed by atoms with Crippen LogP contribution in [0.3, 0.4) is 0 Å². The first-order valence-electron chi connectivity index (χ1n) is 7.65. The van der Waals surface area contributed by atoms with Crippen LogP contribution >= 0.6 is 15.9 Å². The Labute approximate surface area is 155 Å². The molecular weight excluding hydrogens is 406 g/mol. The van der Waals surface area contributed by atoms with Crippen molar-refractivity contribution in [2.45, 2.75) is 13.0 Å². The molecule has 2 amide bonds. The number of amides is 2. The van der Waals surface area contributed by atoms with E-state index in [1.165, 1.54) is 21.8 Å². The first kappa shape index (κ1) is 17.9. The Morgan fingerprint density at radius 1 is 1.27 bits per heavy atom. The number of nitrogens with zero attached hydrogens (tertiary/aromatic N) is 5. The standard InChI is InChI=1S/C15H16BrN7O3/c1-21-7-9(16)5-11(21)14(25)20-19-12(24)3-4-23-8-17-13-10(15(23)26)6-18-22(13)2/h5-8H,3-4H2,1-2H3,(H,19,24)(H,20,25). The third-order valence-corrected chi connectivity index (χ3v) is 4.25. The minimum atomic E-state index is -0.442. The lowest BCUT2D eigenvalue weighted by atomic mass is 10.3. The summed E-state index contributed by atoms with van der Waals surface area (Å²) in [5.74, 6) is -0.869. The Morgan fingerprint density at radius 2 is 2.04 bits per heavy atom. The van der Waals surface area contributed by atoms with Crippen molar-refractivity contribution in [1.29, 1.82) is 0 Å². The number of carbonyl (C=O) groups excluding carboxylic acids is 2. The minimum Gasteiger partial charge on any atom is -0.345 e. The molecule has 3 aromatic heterocycles. The zero-order valence-electron chi connectivity index (χ0n) is 14.1. The predicted octanol–water partition coefficient (Wildman–Crippen LogP) is 0.0823. The Balaban J connectivity index is 1.57. The van der Waals surface area contributed by atoms with Gasteiger partial charge in [-0.25, -0.2) is 4.98 Å². The number of rotatable bonds is 4. The molecule has 0 saturated heterocycles. The number of nitrogens with one attached hydrogen (secondary N) is 2. The van der Waals surface area contributed by atoms with Gasteiger partial charge in [-0.15, -0.1) is 0 Å². The van der Waals surface area contributed by atoms with E-state index in [1.54, 1.807) is 30.9 Å². The number of carbonyl (C=O) groups is 2. The Kier molecular flexibility index (Phi) is 4.89. The summed E-state index contributed by atoms with van der Waals surface area (Å²) in [6, 6.07) is 1.63. The van der Waals surface area contributed by atoms with Crippen molar-refractivity contribution in [1.82, 2.24) is 34.8 Å². The van der Waals surface area contributed by atoms with Crippen molar-refractivity contribution in [2.75, 3.05) is 0 Å². The van der Waals surface area contributed by atoms with E-state index in [0.29, 0.717) is 16.7 Å². The SMILES string of the molecule is Cn1cc(Br)cc1C(=O)NNC(=O)CCn1cnc2c(cnn2C)c1=O. The quantitative estimate of drug-likeness (QED) is 0.578. The number of halogens is 1. The first-order valence-corrected chi connectivity index (χ1v) is 8.44. The molecule has 3 rings (SSSR count). The number of fused-ring (bicyclic) bond motifs is 1. The van der Waals surface area contributed by atoms with Crippen LogP contribution in [0.4, 0.5) is 0 Å².